The molecule has 1 amide bonds. The fourth-order valence-corrected chi connectivity index (χ4v) is 2.77. The molecule has 17 heavy (non-hydrogen) atoms. The lowest BCUT2D eigenvalue weighted by molar-refractivity contribution is -0.528. The molecule has 3 rings (SSSR count). The predicted molar refractivity (Wildman–Crippen MR) is 66.3 cm³/mol. The lowest BCUT2D eigenvalue weighted by Gasteiger charge is -2.21. The van der Waals surface area contributed by atoms with Crippen LogP contribution in [0.1, 0.15) is 29.6 Å². The van der Waals surface area contributed by atoms with Crippen LogP contribution in [-0.2, 0) is 0 Å². The molecule has 0 saturated heterocycles. The quantitative estimate of drug-likeness (QED) is 0.673. The van der Waals surface area contributed by atoms with E-state index < -0.39 is 0 Å². The Bertz CT molecular complexity index is 464. The summed E-state index contributed by atoms with van der Waals surface area (Å²) in [5.74, 6) is 1.40. The highest BCUT2D eigenvalue weighted by Crippen LogP contribution is 2.17. The molecule has 3 heteroatoms. The van der Waals surface area contributed by atoms with E-state index in [-0.39, 0.29) is 5.91 Å². The first kappa shape index (κ1) is 10.5. The Morgan fingerprint density at radius 2 is 1.88 bits per heavy atom. The van der Waals surface area contributed by atoms with Crippen LogP contribution < -0.4 is 0 Å². The number of nitrogens with zero attached hydrogens (tertiary/aromatic N) is 2. The number of amidine groups is 1. The molecule has 0 atom stereocenters. The van der Waals surface area contributed by atoms with Gasteiger partial charge < -0.3 is 0 Å². The monoisotopic (exact) mass is 229 g/mol. The minimum atomic E-state index is 0.159. The Balaban J connectivity index is 1.89. The smallest absolute Gasteiger partial charge is 0.265 e. The summed E-state index contributed by atoms with van der Waals surface area (Å²) >= 11 is 0. The topological polar surface area (TPSA) is 23.3 Å². The van der Waals surface area contributed by atoms with Crippen LogP contribution in [0.3, 0.4) is 0 Å². The second-order valence-corrected chi connectivity index (χ2v) is 4.68. The molecule has 88 valence electrons. The zero-order valence-corrected chi connectivity index (χ0v) is 9.93. The summed E-state index contributed by atoms with van der Waals surface area (Å²) in [4.78, 5) is 14.4. The molecule has 2 heterocycles. The maximum absolute atomic E-state index is 12.4. The van der Waals surface area contributed by atoms with Crippen molar-refractivity contribution in [1.82, 2.24) is 4.90 Å². The third-order valence-corrected chi connectivity index (χ3v) is 3.58. The van der Waals surface area contributed by atoms with Crippen molar-refractivity contribution in [1.29, 1.82) is 0 Å². The van der Waals surface area contributed by atoms with Gasteiger partial charge in [-0.15, -0.1) is 0 Å². The van der Waals surface area contributed by atoms with Gasteiger partial charge >= 0.3 is 5.91 Å². The van der Waals surface area contributed by atoms with Crippen LogP contribution in [0, 0.1) is 0 Å². The summed E-state index contributed by atoms with van der Waals surface area (Å²) in [6.45, 7) is 3.11. The van der Waals surface area contributed by atoms with Crippen molar-refractivity contribution in [2.75, 3.05) is 19.6 Å². The zero-order chi connectivity index (χ0) is 11.7. The van der Waals surface area contributed by atoms with Gasteiger partial charge in [0.1, 0.15) is 0 Å². The highest BCUT2D eigenvalue weighted by molar-refractivity contribution is 6.05. The fraction of sp³-hybridized carbons (Fsp3) is 0.429. The molecule has 1 aromatic carbocycles. The van der Waals surface area contributed by atoms with Crippen molar-refractivity contribution in [3.05, 3.63) is 35.9 Å². The van der Waals surface area contributed by atoms with E-state index in [1.807, 2.05) is 35.2 Å². The van der Waals surface area contributed by atoms with E-state index in [2.05, 4.69) is 4.58 Å². The molecule has 2 aliphatic heterocycles. The summed E-state index contributed by atoms with van der Waals surface area (Å²) in [6.07, 6.45) is 3.33. The Labute approximate surface area is 101 Å². The first-order valence-corrected chi connectivity index (χ1v) is 6.34. The summed E-state index contributed by atoms with van der Waals surface area (Å²) in [7, 11) is 0. The standard InChI is InChI=1S/C14H17N2O/c17-14(12-6-2-1-3-7-12)16-11-5-10-15-9-4-8-13(15)16/h1-3,6-7H,4-5,8-11H2/q+1. The zero-order valence-electron chi connectivity index (χ0n) is 9.93. The van der Waals surface area contributed by atoms with Crippen molar-refractivity contribution in [3.63, 3.8) is 0 Å². The number of amides is 1. The van der Waals surface area contributed by atoms with Crippen molar-refractivity contribution >= 4 is 11.7 Å². The van der Waals surface area contributed by atoms with E-state index in [1.165, 1.54) is 12.3 Å². The Hall–Kier alpha value is -1.64. The van der Waals surface area contributed by atoms with Gasteiger partial charge in [0.25, 0.3) is 5.84 Å². The largest absolute Gasteiger partial charge is 0.340 e. The third-order valence-electron chi connectivity index (χ3n) is 3.58. The van der Waals surface area contributed by atoms with Gasteiger partial charge in [0.15, 0.2) is 0 Å². The summed E-state index contributed by atoms with van der Waals surface area (Å²) < 4.78 is 2.37. The normalized spacial score (nSPS) is 19.4. The minimum Gasteiger partial charge on any atom is -0.265 e. The second-order valence-electron chi connectivity index (χ2n) is 4.68. The lowest BCUT2D eigenvalue weighted by atomic mass is 10.1. The summed E-state index contributed by atoms with van der Waals surface area (Å²) in [5.41, 5.74) is 0.800. The van der Waals surface area contributed by atoms with E-state index in [0.29, 0.717) is 0 Å². The average molecular weight is 229 g/mol. The number of benzene rings is 1. The van der Waals surface area contributed by atoms with Crippen LogP contribution in [0.25, 0.3) is 0 Å². The number of hydrogen-bond acceptors (Lipinski definition) is 1. The van der Waals surface area contributed by atoms with Gasteiger partial charge in [0, 0.05) is 6.42 Å². The van der Waals surface area contributed by atoms with E-state index >= 15 is 0 Å². The number of carbonyl (C=O) groups is 1. The van der Waals surface area contributed by atoms with E-state index in [1.54, 1.807) is 0 Å². The van der Waals surface area contributed by atoms with Gasteiger partial charge in [-0.25, -0.2) is 4.79 Å². The number of carbonyl (C=O) groups excluding carboxylic acids is 1. The Morgan fingerprint density at radius 3 is 2.71 bits per heavy atom. The van der Waals surface area contributed by atoms with Gasteiger partial charge in [-0.1, -0.05) is 18.2 Å². The Morgan fingerprint density at radius 1 is 1.12 bits per heavy atom. The molecular weight excluding hydrogens is 212 g/mol. The lowest BCUT2D eigenvalue weighted by Crippen LogP contribution is -2.44. The highest BCUT2D eigenvalue weighted by atomic mass is 16.2. The van der Waals surface area contributed by atoms with E-state index in [4.69, 9.17) is 0 Å². The van der Waals surface area contributed by atoms with Crippen molar-refractivity contribution < 1.29 is 9.37 Å². The first-order valence-electron chi connectivity index (χ1n) is 6.34. The van der Waals surface area contributed by atoms with Gasteiger partial charge in [-0.05, 0) is 18.6 Å². The van der Waals surface area contributed by atoms with Crippen LogP contribution in [0.5, 0.6) is 0 Å². The van der Waals surface area contributed by atoms with Crippen LogP contribution in [0.4, 0.5) is 0 Å². The van der Waals surface area contributed by atoms with E-state index in [9.17, 15) is 4.79 Å². The molecule has 0 aromatic heterocycles. The second kappa shape index (κ2) is 4.32. The van der Waals surface area contributed by atoms with Crippen molar-refractivity contribution in [3.8, 4) is 0 Å². The molecule has 0 spiro atoms. The SMILES string of the molecule is O=C(c1ccccc1)N1CCC[N+]2=C1CCC2. The Kier molecular flexibility index (Phi) is 2.67. The minimum absolute atomic E-state index is 0.159. The van der Waals surface area contributed by atoms with Gasteiger partial charge in [-0.3, -0.25) is 4.58 Å². The maximum atomic E-state index is 12.4. The molecule has 0 bridgehead atoms. The molecule has 0 N–H and O–H groups in total. The van der Waals surface area contributed by atoms with E-state index in [0.717, 1.165) is 38.0 Å². The summed E-state index contributed by atoms with van der Waals surface area (Å²) in [5, 5.41) is 0. The van der Waals surface area contributed by atoms with Crippen LogP contribution in [0.2, 0.25) is 0 Å². The summed E-state index contributed by atoms with van der Waals surface area (Å²) in [6, 6.07) is 9.60. The fourth-order valence-electron chi connectivity index (χ4n) is 2.77. The van der Waals surface area contributed by atoms with Crippen LogP contribution >= 0.6 is 0 Å². The molecule has 0 aliphatic carbocycles. The maximum Gasteiger partial charge on any atom is 0.340 e. The molecule has 3 nitrogen and oxygen atoms in total. The molecule has 0 saturated carbocycles. The van der Waals surface area contributed by atoms with Gasteiger partial charge in [0.2, 0.25) is 0 Å². The van der Waals surface area contributed by atoms with Crippen molar-refractivity contribution in [2.24, 2.45) is 0 Å². The number of hydrogen-bond donors (Lipinski definition) is 0. The molecule has 1 aromatic rings. The van der Waals surface area contributed by atoms with Crippen LogP contribution in [-0.4, -0.2) is 40.9 Å². The average Bonchev–Trinajstić information content (AvgIpc) is 2.87. The molecule has 0 radical (unpaired) electrons. The molecular formula is C14H17N2O+. The van der Waals surface area contributed by atoms with Crippen molar-refractivity contribution in [2.45, 2.75) is 19.3 Å². The predicted octanol–water partition coefficient (Wildman–Crippen LogP) is 1.74. The molecule has 0 fully saturated rings. The van der Waals surface area contributed by atoms with Crippen LogP contribution in [0.15, 0.2) is 30.3 Å². The first-order chi connectivity index (χ1) is 8.36. The van der Waals surface area contributed by atoms with Gasteiger partial charge in [-0.2, -0.15) is 4.90 Å². The molecule has 2 aliphatic rings. The van der Waals surface area contributed by atoms with Gasteiger partial charge in [0.05, 0.1) is 31.6 Å². The third kappa shape index (κ3) is 1.86. The highest BCUT2D eigenvalue weighted by Gasteiger charge is 2.36. The number of rotatable bonds is 1. The molecule has 0 unspecified atom stereocenters.